The van der Waals surface area contributed by atoms with E-state index >= 15 is 0 Å². The molecule has 0 saturated carbocycles. The van der Waals surface area contributed by atoms with Gasteiger partial charge >= 0.3 is 0 Å². The number of amides is 1. The fourth-order valence-corrected chi connectivity index (χ4v) is 1.64. The van der Waals surface area contributed by atoms with Gasteiger partial charge < -0.3 is 15.4 Å². The molecular weight excluding hydrogens is 232 g/mol. The zero-order valence-corrected chi connectivity index (χ0v) is 11.4. The zero-order valence-electron chi connectivity index (χ0n) is 11.4. The molecule has 0 aliphatic rings. The standard InChI is InChI=1S/C12H22N4O2/c1-9(8-18-4)15-12(17)6-13-10(2)11-5-14-16(3)7-11/h5,7,9-10,13H,6,8H2,1-4H3,(H,15,17). The van der Waals surface area contributed by atoms with Crippen molar-refractivity contribution in [2.75, 3.05) is 20.3 Å². The van der Waals surface area contributed by atoms with E-state index in [1.54, 1.807) is 18.0 Å². The lowest BCUT2D eigenvalue weighted by molar-refractivity contribution is -0.121. The molecule has 102 valence electrons. The van der Waals surface area contributed by atoms with Gasteiger partial charge in [-0.3, -0.25) is 9.48 Å². The Bertz CT molecular complexity index is 378. The second kappa shape index (κ2) is 7.13. The predicted octanol–water partition coefficient (Wildman–Crippen LogP) is 0.222. The van der Waals surface area contributed by atoms with Crippen LogP contribution in [-0.2, 0) is 16.6 Å². The lowest BCUT2D eigenvalue weighted by Gasteiger charge is -2.15. The third-order valence-electron chi connectivity index (χ3n) is 2.62. The van der Waals surface area contributed by atoms with E-state index in [4.69, 9.17) is 4.74 Å². The fraction of sp³-hybridized carbons (Fsp3) is 0.667. The van der Waals surface area contributed by atoms with Gasteiger partial charge in [0.05, 0.1) is 19.3 Å². The molecule has 0 aromatic carbocycles. The second-order valence-corrected chi connectivity index (χ2v) is 4.47. The smallest absolute Gasteiger partial charge is 0.234 e. The number of methoxy groups -OCH3 is 1. The molecule has 2 N–H and O–H groups in total. The van der Waals surface area contributed by atoms with E-state index in [9.17, 15) is 4.79 Å². The van der Waals surface area contributed by atoms with Crippen molar-refractivity contribution in [3.8, 4) is 0 Å². The Balaban J connectivity index is 2.30. The molecule has 0 spiro atoms. The Morgan fingerprint density at radius 2 is 2.28 bits per heavy atom. The first-order valence-electron chi connectivity index (χ1n) is 6.03. The van der Waals surface area contributed by atoms with Crippen LogP contribution in [-0.4, -0.2) is 42.0 Å². The molecule has 0 fully saturated rings. The summed E-state index contributed by atoms with van der Waals surface area (Å²) in [4.78, 5) is 11.6. The van der Waals surface area contributed by atoms with E-state index in [2.05, 4.69) is 15.7 Å². The number of nitrogens with one attached hydrogen (secondary N) is 2. The molecule has 0 saturated heterocycles. The molecule has 2 atom stereocenters. The normalized spacial score (nSPS) is 14.2. The van der Waals surface area contributed by atoms with Crippen molar-refractivity contribution in [2.45, 2.75) is 25.9 Å². The average Bonchev–Trinajstić information content (AvgIpc) is 2.73. The first kappa shape index (κ1) is 14.7. The number of carbonyl (C=O) groups excluding carboxylic acids is 1. The Kier molecular flexibility index (Phi) is 5.80. The minimum atomic E-state index is -0.0321. The SMILES string of the molecule is COCC(C)NC(=O)CNC(C)c1cnn(C)c1. The van der Waals surface area contributed by atoms with Crippen LogP contribution in [0.5, 0.6) is 0 Å². The summed E-state index contributed by atoms with van der Waals surface area (Å²) in [7, 11) is 3.49. The van der Waals surface area contributed by atoms with Gasteiger partial charge in [0.1, 0.15) is 0 Å². The summed E-state index contributed by atoms with van der Waals surface area (Å²) < 4.78 is 6.70. The van der Waals surface area contributed by atoms with Gasteiger partial charge in [0.15, 0.2) is 0 Å². The molecule has 18 heavy (non-hydrogen) atoms. The van der Waals surface area contributed by atoms with Crippen LogP contribution < -0.4 is 10.6 Å². The highest BCUT2D eigenvalue weighted by Gasteiger charge is 2.10. The van der Waals surface area contributed by atoms with Gasteiger partial charge in [0.2, 0.25) is 5.91 Å². The molecule has 0 bridgehead atoms. The molecule has 6 nitrogen and oxygen atoms in total. The highest BCUT2D eigenvalue weighted by atomic mass is 16.5. The van der Waals surface area contributed by atoms with Crippen LogP contribution >= 0.6 is 0 Å². The maximum atomic E-state index is 11.6. The number of hydrogen-bond donors (Lipinski definition) is 2. The van der Waals surface area contributed by atoms with E-state index in [0.29, 0.717) is 6.61 Å². The summed E-state index contributed by atoms with van der Waals surface area (Å²) in [5.74, 6) is -0.0321. The highest BCUT2D eigenvalue weighted by molar-refractivity contribution is 5.78. The van der Waals surface area contributed by atoms with Crippen LogP contribution in [0, 0.1) is 0 Å². The predicted molar refractivity (Wildman–Crippen MR) is 69.1 cm³/mol. The van der Waals surface area contributed by atoms with Crippen LogP contribution in [0.15, 0.2) is 12.4 Å². The molecule has 0 radical (unpaired) electrons. The summed E-state index contributed by atoms with van der Waals surface area (Å²) in [5.41, 5.74) is 1.07. The number of ether oxygens (including phenoxy) is 1. The molecule has 1 rings (SSSR count). The summed E-state index contributed by atoms with van der Waals surface area (Å²) >= 11 is 0. The van der Waals surface area contributed by atoms with Crippen molar-refractivity contribution >= 4 is 5.91 Å². The number of aryl methyl sites for hydroxylation is 1. The van der Waals surface area contributed by atoms with Crippen molar-refractivity contribution in [1.82, 2.24) is 20.4 Å². The summed E-state index contributed by atoms with van der Waals surface area (Å²) in [6.45, 7) is 4.71. The second-order valence-electron chi connectivity index (χ2n) is 4.47. The molecule has 1 heterocycles. The van der Waals surface area contributed by atoms with Crippen molar-refractivity contribution in [2.24, 2.45) is 7.05 Å². The van der Waals surface area contributed by atoms with E-state index in [1.165, 1.54) is 0 Å². The summed E-state index contributed by atoms with van der Waals surface area (Å²) in [6, 6.07) is 0.125. The van der Waals surface area contributed by atoms with E-state index in [0.717, 1.165) is 5.56 Å². The maximum Gasteiger partial charge on any atom is 0.234 e. The first-order valence-corrected chi connectivity index (χ1v) is 6.03. The minimum absolute atomic E-state index is 0.0259. The van der Waals surface area contributed by atoms with Crippen LogP contribution in [0.3, 0.4) is 0 Å². The number of nitrogens with zero attached hydrogens (tertiary/aromatic N) is 2. The van der Waals surface area contributed by atoms with Crippen LogP contribution in [0.4, 0.5) is 0 Å². The van der Waals surface area contributed by atoms with Gasteiger partial charge in [-0.25, -0.2) is 0 Å². The zero-order chi connectivity index (χ0) is 13.5. The molecule has 1 aromatic heterocycles. The number of rotatable bonds is 7. The van der Waals surface area contributed by atoms with Gasteiger partial charge in [-0.05, 0) is 13.8 Å². The third-order valence-corrected chi connectivity index (χ3v) is 2.62. The lowest BCUT2D eigenvalue weighted by atomic mass is 10.2. The van der Waals surface area contributed by atoms with Gasteiger partial charge in [0, 0.05) is 38.0 Å². The molecule has 1 aromatic rings. The van der Waals surface area contributed by atoms with Crippen molar-refractivity contribution in [3.05, 3.63) is 18.0 Å². The quantitative estimate of drug-likeness (QED) is 0.730. The highest BCUT2D eigenvalue weighted by Crippen LogP contribution is 2.09. The third kappa shape index (κ3) is 4.85. The molecule has 0 aliphatic heterocycles. The van der Waals surface area contributed by atoms with Gasteiger partial charge in [0.25, 0.3) is 0 Å². The molecule has 1 amide bonds. The molecule has 0 aliphatic carbocycles. The van der Waals surface area contributed by atoms with Crippen molar-refractivity contribution in [1.29, 1.82) is 0 Å². The van der Waals surface area contributed by atoms with E-state index < -0.39 is 0 Å². The van der Waals surface area contributed by atoms with Crippen LogP contribution in [0.2, 0.25) is 0 Å². The summed E-state index contributed by atoms with van der Waals surface area (Å²) in [5, 5.41) is 10.1. The van der Waals surface area contributed by atoms with Gasteiger partial charge in [-0.15, -0.1) is 0 Å². The first-order chi connectivity index (χ1) is 8.52. The maximum absolute atomic E-state index is 11.6. The summed E-state index contributed by atoms with van der Waals surface area (Å²) in [6.07, 6.45) is 3.73. The van der Waals surface area contributed by atoms with Crippen molar-refractivity contribution < 1.29 is 9.53 Å². The topological polar surface area (TPSA) is 68.2 Å². The number of hydrogen-bond acceptors (Lipinski definition) is 4. The van der Waals surface area contributed by atoms with Gasteiger partial charge in [-0.1, -0.05) is 0 Å². The number of carbonyl (C=O) groups is 1. The van der Waals surface area contributed by atoms with Crippen molar-refractivity contribution in [3.63, 3.8) is 0 Å². The average molecular weight is 254 g/mol. The Labute approximate surface area is 108 Å². The monoisotopic (exact) mass is 254 g/mol. The lowest BCUT2D eigenvalue weighted by Crippen LogP contribution is -2.41. The fourth-order valence-electron chi connectivity index (χ4n) is 1.64. The molecule has 2 unspecified atom stereocenters. The largest absolute Gasteiger partial charge is 0.383 e. The molecule has 6 heteroatoms. The van der Waals surface area contributed by atoms with E-state index in [-0.39, 0.29) is 24.5 Å². The van der Waals surface area contributed by atoms with E-state index in [1.807, 2.05) is 27.1 Å². The Morgan fingerprint density at radius 3 is 2.83 bits per heavy atom. The Morgan fingerprint density at radius 1 is 1.56 bits per heavy atom. The minimum Gasteiger partial charge on any atom is -0.383 e. The molecular formula is C12H22N4O2. The van der Waals surface area contributed by atoms with Gasteiger partial charge in [-0.2, -0.15) is 5.10 Å². The number of aromatic nitrogens is 2. The van der Waals surface area contributed by atoms with Crippen LogP contribution in [0.25, 0.3) is 0 Å². The van der Waals surface area contributed by atoms with Crippen LogP contribution in [0.1, 0.15) is 25.5 Å². The Hall–Kier alpha value is -1.40.